The second-order valence-corrected chi connectivity index (χ2v) is 15.2. The summed E-state index contributed by atoms with van der Waals surface area (Å²) < 4.78 is 4.93. The van der Waals surface area contributed by atoms with Crippen LogP contribution < -0.4 is 21.7 Å². The molecule has 7 nitrogen and oxygen atoms in total. The van der Waals surface area contributed by atoms with E-state index in [1.54, 1.807) is 0 Å². The maximum Gasteiger partial charge on any atom is 0.305 e. The molecule has 0 aromatic heterocycles. The summed E-state index contributed by atoms with van der Waals surface area (Å²) in [5, 5.41) is 22.7. The van der Waals surface area contributed by atoms with Crippen LogP contribution in [0.2, 0.25) is 0 Å². The molecule has 0 bridgehead atoms. The Bertz CT molecular complexity index is 828. The standard InChI is InChI=1S/C35H66N4O3/c1-25(9-12-32(41)42-4)28-10-11-29-33-30(14-16-35(28,29)3)34(2)15-13-27(23-26(34)24-31(33)40)39-22-8-21-38-19-6-5-18-37-20-7-17-36/h25-31,33,37-40H,5-24,36H2,1-4H3/t25?,26-,27?,28-,29?,30?,31-,33?,34+,35-/m1/s1. The van der Waals surface area contributed by atoms with Crippen molar-refractivity contribution in [3.8, 4) is 0 Å². The van der Waals surface area contributed by atoms with Gasteiger partial charge in [-0.1, -0.05) is 20.8 Å². The van der Waals surface area contributed by atoms with Crippen LogP contribution in [0.4, 0.5) is 0 Å². The average Bonchev–Trinajstić information content (AvgIpc) is 3.34. The van der Waals surface area contributed by atoms with Crippen molar-refractivity contribution in [3.05, 3.63) is 0 Å². The van der Waals surface area contributed by atoms with Crippen LogP contribution in [0.25, 0.3) is 0 Å². The number of fused-ring (bicyclic) bond motifs is 5. The van der Waals surface area contributed by atoms with Crippen LogP contribution >= 0.6 is 0 Å². The van der Waals surface area contributed by atoms with Crippen molar-refractivity contribution < 1.29 is 14.6 Å². The Morgan fingerprint density at radius 3 is 2.29 bits per heavy atom. The van der Waals surface area contributed by atoms with Crippen LogP contribution in [0.5, 0.6) is 0 Å². The van der Waals surface area contributed by atoms with Crippen molar-refractivity contribution in [3.63, 3.8) is 0 Å². The van der Waals surface area contributed by atoms with Gasteiger partial charge in [0.1, 0.15) is 0 Å². The fraction of sp³-hybridized carbons (Fsp3) is 0.971. The molecule has 0 aliphatic heterocycles. The monoisotopic (exact) mass is 591 g/mol. The van der Waals surface area contributed by atoms with E-state index < -0.39 is 0 Å². The molecule has 0 amide bonds. The number of methoxy groups -OCH3 is 1. The van der Waals surface area contributed by atoms with E-state index in [1.165, 1.54) is 71.3 Å². The van der Waals surface area contributed by atoms with Crippen molar-refractivity contribution >= 4 is 5.97 Å². The number of esters is 1. The average molecular weight is 591 g/mol. The number of carbonyl (C=O) groups excluding carboxylic acids is 1. The second-order valence-electron chi connectivity index (χ2n) is 15.2. The molecular formula is C35H66N4O3. The van der Waals surface area contributed by atoms with Gasteiger partial charge in [-0.3, -0.25) is 4.79 Å². The third-order valence-electron chi connectivity index (χ3n) is 13.0. The van der Waals surface area contributed by atoms with Gasteiger partial charge >= 0.3 is 5.97 Å². The van der Waals surface area contributed by atoms with Crippen LogP contribution in [-0.4, -0.2) is 69.6 Å². The van der Waals surface area contributed by atoms with Gasteiger partial charge in [0.25, 0.3) is 0 Å². The maximum atomic E-state index is 11.8. The van der Waals surface area contributed by atoms with Crippen LogP contribution in [0.3, 0.4) is 0 Å². The van der Waals surface area contributed by atoms with Crippen molar-refractivity contribution in [1.29, 1.82) is 0 Å². The van der Waals surface area contributed by atoms with Crippen molar-refractivity contribution in [2.45, 2.75) is 123 Å². The number of aliphatic hydroxyl groups excluding tert-OH is 1. The number of rotatable bonds is 17. The van der Waals surface area contributed by atoms with Gasteiger partial charge < -0.3 is 31.5 Å². The van der Waals surface area contributed by atoms with Crippen LogP contribution in [-0.2, 0) is 9.53 Å². The summed E-state index contributed by atoms with van der Waals surface area (Å²) in [5.74, 6) is 3.49. The molecule has 6 N–H and O–H groups in total. The highest BCUT2D eigenvalue weighted by molar-refractivity contribution is 5.69. The molecule has 10 atom stereocenters. The minimum absolute atomic E-state index is 0.0810. The second kappa shape index (κ2) is 16.0. The third kappa shape index (κ3) is 7.91. The summed E-state index contributed by atoms with van der Waals surface area (Å²) in [6, 6.07) is 0.604. The summed E-state index contributed by atoms with van der Waals surface area (Å²) >= 11 is 0. The Kier molecular flexibility index (Phi) is 13.0. The summed E-state index contributed by atoms with van der Waals surface area (Å²) in [6.45, 7) is 13.7. The van der Waals surface area contributed by atoms with Gasteiger partial charge in [0.2, 0.25) is 0 Å². The lowest BCUT2D eigenvalue weighted by Crippen LogP contribution is -2.59. The van der Waals surface area contributed by atoms with Crippen molar-refractivity contribution in [1.82, 2.24) is 16.0 Å². The lowest BCUT2D eigenvalue weighted by Gasteiger charge is -2.62. The molecule has 0 spiro atoms. The zero-order valence-electron chi connectivity index (χ0n) is 27.6. The van der Waals surface area contributed by atoms with Crippen LogP contribution in [0, 0.1) is 46.3 Å². The largest absolute Gasteiger partial charge is 0.469 e. The van der Waals surface area contributed by atoms with Crippen LogP contribution in [0.15, 0.2) is 0 Å². The lowest BCUT2D eigenvalue weighted by molar-refractivity contribution is -0.167. The normalized spacial score (nSPS) is 38.4. The van der Waals surface area contributed by atoms with E-state index in [4.69, 9.17) is 10.5 Å². The first-order valence-electron chi connectivity index (χ1n) is 17.8. The van der Waals surface area contributed by atoms with E-state index in [-0.39, 0.29) is 12.1 Å². The smallest absolute Gasteiger partial charge is 0.305 e. The van der Waals surface area contributed by atoms with Gasteiger partial charge in [0.05, 0.1) is 13.2 Å². The predicted octanol–water partition coefficient (Wildman–Crippen LogP) is 4.86. The number of nitrogens with two attached hydrogens (primary N) is 1. The number of aliphatic hydroxyl groups is 1. The quantitative estimate of drug-likeness (QED) is 0.122. The summed E-state index contributed by atoms with van der Waals surface area (Å²) in [7, 11) is 1.50. The highest BCUT2D eigenvalue weighted by Crippen LogP contribution is 2.68. The highest BCUT2D eigenvalue weighted by Gasteiger charge is 2.62. The predicted molar refractivity (Wildman–Crippen MR) is 172 cm³/mol. The number of hydrogen-bond acceptors (Lipinski definition) is 7. The lowest BCUT2D eigenvalue weighted by atomic mass is 9.43. The molecular weight excluding hydrogens is 524 g/mol. The summed E-state index contributed by atoms with van der Waals surface area (Å²) in [6.07, 6.45) is 15.9. The maximum absolute atomic E-state index is 11.8. The number of nitrogens with one attached hydrogen (secondary N) is 3. The highest BCUT2D eigenvalue weighted by atomic mass is 16.5. The zero-order chi connectivity index (χ0) is 30.2. The van der Waals surface area contributed by atoms with Gasteiger partial charge in [-0.15, -0.1) is 0 Å². The van der Waals surface area contributed by atoms with Gasteiger partial charge in [-0.2, -0.15) is 0 Å². The first-order chi connectivity index (χ1) is 20.2. The molecule has 7 heteroatoms. The Hall–Kier alpha value is -0.730. The number of carbonyl (C=O) groups is 1. The summed E-state index contributed by atoms with van der Waals surface area (Å²) in [5.41, 5.74) is 6.21. The minimum atomic E-state index is -0.152. The Balaban J connectivity index is 1.20. The first kappa shape index (κ1) is 34.1. The molecule has 0 aromatic rings. The van der Waals surface area contributed by atoms with Crippen molar-refractivity contribution in [2.24, 2.45) is 52.1 Å². The van der Waals surface area contributed by atoms with Gasteiger partial charge in [-0.25, -0.2) is 0 Å². The molecule has 244 valence electrons. The van der Waals surface area contributed by atoms with E-state index in [2.05, 4.69) is 36.7 Å². The molecule has 5 unspecified atom stereocenters. The molecule has 4 aliphatic carbocycles. The number of ether oxygens (including phenoxy) is 1. The number of unbranched alkanes of at least 4 members (excludes halogenated alkanes) is 1. The van der Waals surface area contributed by atoms with Gasteiger partial charge in [0.15, 0.2) is 0 Å². The van der Waals surface area contributed by atoms with Gasteiger partial charge in [-0.05, 0) is 169 Å². The fourth-order valence-corrected chi connectivity index (χ4v) is 10.5. The molecule has 4 saturated carbocycles. The number of hydrogen-bond donors (Lipinski definition) is 5. The molecule has 0 radical (unpaired) electrons. The molecule has 0 saturated heterocycles. The van der Waals surface area contributed by atoms with Crippen LogP contribution in [0.1, 0.15) is 111 Å². The molecule has 0 heterocycles. The zero-order valence-corrected chi connectivity index (χ0v) is 27.6. The fourth-order valence-electron chi connectivity index (χ4n) is 10.5. The third-order valence-corrected chi connectivity index (χ3v) is 13.0. The SMILES string of the molecule is COC(=O)CCC(C)[C@H]1CCC2C3C(CC[C@@]21C)[C@@]1(C)CCC(NCCCNCCCCNCCCN)C[C@@H]1C[C@H]3O. The molecule has 0 aromatic carbocycles. The van der Waals surface area contributed by atoms with E-state index in [9.17, 15) is 9.90 Å². The van der Waals surface area contributed by atoms with Crippen molar-refractivity contribution in [2.75, 3.05) is 46.4 Å². The molecule has 4 rings (SSSR count). The van der Waals surface area contributed by atoms with Gasteiger partial charge in [0, 0.05) is 12.5 Å². The Morgan fingerprint density at radius 1 is 0.905 bits per heavy atom. The van der Waals surface area contributed by atoms with E-state index >= 15 is 0 Å². The Morgan fingerprint density at radius 2 is 1.57 bits per heavy atom. The van der Waals surface area contributed by atoms with E-state index in [1.807, 2.05) is 0 Å². The topological polar surface area (TPSA) is 109 Å². The van der Waals surface area contributed by atoms with E-state index in [0.717, 1.165) is 58.5 Å². The molecule has 4 fully saturated rings. The summed E-state index contributed by atoms with van der Waals surface area (Å²) in [4.78, 5) is 11.8. The minimum Gasteiger partial charge on any atom is -0.469 e. The molecule has 4 aliphatic rings. The first-order valence-corrected chi connectivity index (χ1v) is 17.8. The Labute approximate surface area is 257 Å². The molecule has 42 heavy (non-hydrogen) atoms. The van der Waals surface area contributed by atoms with E-state index in [0.29, 0.717) is 58.8 Å².